The second kappa shape index (κ2) is 5.51. The van der Waals surface area contributed by atoms with Crippen molar-refractivity contribution in [2.24, 2.45) is 0 Å². The highest BCUT2D eigenvalue weighted by atomic mass is 14.9. The van der Waals surface area contributed by atoms with E-state index in [1.807, 2.05) is 0 Å². The first-order valence-electron chi connectivity index (χ1n) is 6.57. The Morgan fingerprint density at radius 3 is 2.56 bits per heavy atom. The molecule has 1 unspecified atom stereocenters. The summed E-state index contributed by atoms with van der Waals surface area (Å²) in [6.45, 7) is 11.3. The van der Waals surface area contributed by atoms with Crippen molar-refractivity contribution in [3.05, 3.63) is 17.7 Å². The van der Waals surface area contributed by atoms with Crippen LogP contribution in [0.1, 0.15) is 77.7 Å². The lowest BCUT2D eigenvalue weighted by Crippen LogP contribution is -2.17. The van der Waals surface area contributed by atoms with Crippen LogP contribution in [0.3, 0.4) is 0 Å². The van der Waals surface area contributed by atoms with E-state index < -0.39 is 0 Å². The largest absolute Gasteiger partial charge is 0.348 e. The molecule has 16 heavy (non-hydrogen) atoms. The van der Waals surface area contributed by atoms with Crippen LogP contribution in [0.25, 0.3) is 0 Å². The minimum atomic E-state index is 0.204. The lowest BCUT2D eigenvalue weighted by Gasteiger charge is -2.21. The Kier molecular flexibility index (Phi) is 4.57. The van der Waals surface area contributed by atoms with E-state index in [0.717, 1.165) is 5.82 Å². The molecule has 0 saturated carbocycles. The number of aromatic nitrogens is 2. The molecule has 92 valence electrons. The number of hydrogen-bond donors (Lipinski definition) is 1. The molecule has 0 aliphatic carbocycles. The number of hydrogen-bond acceptors (Lipinski definition) is 1. The van der Waals surface area contributed by atoms with Gasteiger partial charge in [-0.15, -0.1) is 0 Å². The fraction of sp³-hybridized carbons (Fsp3) is 0.786. The van der Waals surface area contributed by atoms with Gasteiger partial charge in [-0.05, 0) is 12.8 Å². The second-order valence-corrected chi connectivity index (χ2v) is 5.49. The lowest BCUT2D eigenvalue weighted by atomic mass is 9.85. The van der Waals surface area contributed by atoms with Crippen molar-refractivity contribution < 1.29 is 0 Å². The summed E-state index contributed by atoms with van der Waals surface area (Å²) in [6.07, 6.45) is 6.92. The fourth-order valence-electron chi connectivity index (χ4n) is 2.26. The van der Waals surface area contributed by atoms with Crippen molar-refractivity contribution in [1.29, 1.82) is 0 Å². The SMILES string of the molecule is CCCC(C)c1nc(C(C)(C)CCC)c[nH]1. The third-order valence-corrected chi connectivity index (χ3v) is 3.35. The third kappa shape index (κ3) is 3.10. The maximum Gasteiger partial charge on any atom is 0.109 e. The van der Waals surface area contributed by atoms with E-state index in [-0.39, 0.29) is 5.41 Å². The van der Waals surface area contributed by atoms with Crippen molar-refractivity contribution in [2.75, 3.05) is 0 Å². The standard InChI is InChI=1S/C14H26N2/c1-6-8-11(3)13-15-10-12(16-13)14(4,5)9-7-2/h10-11H,6-9H2,1-5H3,(H,15,16). The Hall–Kier alpha value is -0.790. The number of nitrogens with one attached hydrogen (secondary N) is 1. The maximum absolute atomic E-state index is 4.76. The molecule has 0 amide bonds. The van der Waals surface area contributed by atoms with E-state index in [1.165, 1.54) is 31.4 Å². The van der Waals surface area contributed by atoms with E-state index in [1.54, 1.807) is 0 Å². The highest BCUT2D eigenvalue weighted by Crippen LogP contribution is 2.28. The van der Waals surface area contributed by atoms with Crippen LogP contribution in [0.4, 0.5) is 0 Å². The molecule has 1 aromatic heterocycles. The van der Waals surface area contributed by atoms with E-state index in [2.05, 4.69) is 45.8 Å². The predicted octanol–water partition coefficient (Wildman–Crippen LogP) is 4.39. The van der Waals surface area contributed by atoms with Gasteiger partial charge < -0.3 is 4.98 Å². The molecule has 0 aliphatic rings. The van der Waals surface area contributed by atoms with Gasteiger partial charge in [0.05, 0.1) is 5.69 Å². The van der Waals surface area contributed by atoms with Gasteiger partial charge in [0.15, 0.2) is 0 Å². The van der Waals surface area contributed by atoms with E-state index >= 15 is 0 Å². The van der Waals surface area contributed by atoms with Gasteiger partial charge in [-0.3, -0.25) is 0 Å². The predicted molar refractivity (Wildman–Crippen MR) is 69.8 cm³/mol. The minimum Gasteiger partial charge on any atom is -0.348 e. The van der Waals surface area contributed by atoms with Gasteiger partial charge in [0.25, 0.3) is 0 Å². The van der Waals surface area contributed by atoms with E-state index in [0.29, 0.717) is 5.92 Å². The van der Waals surface area contributed by atoms with Crippen LogP contribution >= 0.6 is 0 Å². The van der Waals surface area contributed by atoms with Gasteiger partial charge in [-0.2, -0.15) is 0 Å². The van der Waals surface area contributed by atoms with E-state index in [9.17, 15) is 0 Å². The van der Waals surface area contributed by atoms with Gasteiger partial charge in [-0.25, -0.2) is 4.98 Å². The molecule has 1 heterocycles. The molecule has 0 aromatic carbocycles. The molecule has 1 atom stereocenters. The highest BCUT2D eigenvalue weighted by Gasteiger charge is 2.23. The highest BCUT2D eigenvalue weighted by molar-refractivity contribution is 5.14. The van der Waals surface area contributed by atoms with Gasteiger partial charge in [0, 0.05) is 17.5 Å². The summed E-state index contributed by atoms with van der Waals surface area (Å²) in [5.41, 5.74) is 1.42. The van der Waals surface area contributed by atoms with E-state index in [4.69, 9.17) is 4.98 Å². The molecule has 1 aromatic rings. The average Bonchev–Trinajstić information content (AvgIpc) is 2.67. The van der Waals surface area contributed by atoms with Crippen molar-refractivity contribution >= 4 is 0 Å². The molecule has 0 bridgehead atoms. The zero-order chi connectivity index (χ0) is 12.2. The lowest BCUT2D eigenvalue weighted by molar-refractivity contribution is 0.460. The van der Waals surface area contributed by atoms with Crippen LogP contribution in [0.2, 0.25) is 0 Å². The molecule has 0 saturated heterocycles. The van der Waals surface area contributed by atoms with Crippen molar-refractivity contribution in [1.82, 2.24) is 9.97 Å². The zero-order valence-electron chi connectivity index (χ0n) is 11.4. The summed E-state index contributed by atoms with van der Waals surface area (Å²) in [6, 6.07) is 0. The maximum atomic E-state index is 4.76. The Bertz CT molecular complexity index is 312. The number of aromatic amines is 1. The molecule has 0 spiro atoms. The monoisotopic (exact) mass is 222 g/mol. The zero-order valence-corrected chi connectivity index (χ0v) is 11.4. The number of rotatable bonds is 6. The quantitative estimate of drug-likeness (QED) is 0.759. The molecule has 1 N–H and O–H groups in total. The first-order chi connectivity index (χ1) is 7.51. The average molecular weight is 222 g/mol. The normalized spacial score (nSPS) is 14.1. The van der Waals surface area contributed by atoms with Gasteiger partial charge in [-0.1, -0.05) is 47.5 Å². The fourth-order valence-corrected chi connectivity index (χ4v) is 2.26. The Morgan fingerprint density at radius 1 is 1.31 bits per heavy atom. The van der Waals surface area contributed by atoms with Gasteiger partial charge >= 0.3 is 0 Å². The Labute approximate surface area is 99.9 Å². The summed E-state index contributed by atoms with van der Waals surface area (Å²) in [7, 11) is 0. The van der Waals surface area contributed by atoms with Crippen LogP contribution in [0.5, 0.6) is 0 Å². The molecule has 0 radical (unpaired) electrons. The van der Waals surface area contributed by atoms with Crippen molar-refractivity contribution in [3.63, 3.8) is 0 Å². The molecule has 0 aliphatic heterocycles. The summed E-state index contributed by atoms with van der Waals surface area (Å²) in [5.74, 6) is 1.71. The molecular weight excluding hydrogens is 196 g/mol. The first-order valence-corrected chi connectivity index (χ1v) is 6.57. The topological polar surface area (TPSA) is 28.7 Å². The Balaban J connectivity index is 2.78. The second-order valence-electron chi connectivity index (χ2n) is 5.49. The minimum absolute atomic E-state index is 0.204. The van der Waals surface area contributed by atoms with Crippen molar-refractivity contribution in [2.45, 2.75) is 71.6 Å². The van der Waals surface area contributed by atoms with Crippen LogP contribution < -0.4 is 0 Å². The summed E-state index contributed by atoms with van der Waals surface area (Å²) >= 11 is 0. The number of nitrogens with zero attached hydrogens (tertiary/aromatic N) is 1. The summed E-state index contributed by atoms with van der Waals surface area (Å²) < 4.78 is 0. The molecule has 0 fully saturated rings. The van der Waals surface area contributed by atoms with Crippen LogP contribution in [-0.4, -0.2) is 9.97 Å². The van der Waals surface area contributed by atoms with Crippen LogP contribution in [0.15, 0.2) is 6.20 Å². The number of H-pyrrole nitrogens is 1. The van der Waals surface area contributed by atoms with Crippen LogP contribution in [-0.2, 0) is 5.41 Å². The summed E-state index contributed by atoms with van der Waals surface area (Å²) in [4.78, 5) is 8.11. The molecule has 1 rings (SSSR count). The number of imidazole rings is 1. The van der Waals surface area contributed by atoms with Gasteiger partial charge in [0.1, 0.15) is 5.82 Å². The summed E-state index contributed by atoms with van der Waals surface area (Å²) in [5, 5.41) is 0. The molecule has 2 heteroatoms. The van der Waals surface area contributed by atoms with Crippen LogP contribution in [0, 0.1) is 0 Å². The van der Waals surface area contributed by atoms with Gasteiger partial charge in [0.2, 0.25) is 0 Å². The smallest absolute Gasteiger partial charge is 0.109 e. The first kappa shape index (κ1) is 13.3. The molecular formula is C14H26N2. The molecule has 2 nitrogen and oxygen atoms in total. The third-order valence-electron chi connectivity index (χ3n) is 3.35. The Morgan fingerprint density at radius 2 is 2.00 bits per heavy atom. The van der Waals surface area contributed by atoms with Crippen molar-refractivity contribution in [3.8, 4) is 0 Å².